The standard InChI is InChI=1S/C16H22N2O/c1-2-3-4-8-11-15(19)14-12-17-16(18-14)13-9-6-5-7-10-13/h5-7,9-10,12,15,19H,2-4,8,11H2,1H3,(H,17,18)/t15-/m1/s1. The zero-order chi connectivity index (χ0) is 13.5. The molecule has 0 saturated carbocycles. The van der Waals surface area contributed by atoms with Gasteiger partial charge < -0.3 is 10.1 Å². The summed E-state index contributed by atoms with van der Waals surface area (Å²) in [5, 5.41) is 10.1. The van der Waals surface area contributed by atoms with Gasteiger partial charge in [0, 0.05) is 5.56 Å². The molecule has 0 spiro atoms. The smallest absolute Gasteiger partial charge is 0.137 e. The Bertz CT molecular complexity index is 479. The predicted molar refractivity (Wildman–Crippen MR) is 77.7 cm³/mol. The maximum atomic E-state index is 10.1. The van der Waals surface area contributed by atoms with Gasteiger partial charge in [0.1, 0.15) is 5.82 Å². The van der Waals surface area contributed by atoms with Crippen LogP contribution in [0.2, 0.25) is 0 Å². The van der Waals surface area contributed by atoms with Crippen LogP contribution in [0.15, 0.2) is 36.5 Å². The number of hydrogen-bond acceptors (Lipinski definition) is 2. The van der Waals surface area contributed by atoms with E-state index in [-0.39, 0.29) is 0 Å². The summed E-state index contributed by atoms with van der Waals surface area (Å²) < 4.78 is 0. The second kappa shape index (κ2) is 7.10. The minimum atomic E-state index is -0.429. The molecule has 2 aromatic rings. The number of aromatic amines is 1. The van der Waals surface area contributed by atoms with Crippen LogP contribution >= 0.6 is 0 Å². The van der Waals surface area contributed by atoms with E-state index in [2.05, 4.69) is 16.9 Å². The summed E-state index contributed by atoms with van der Waals surface area (Å²) in [7, 11) is 0. The van der Waals surface area contributed by atoms with Crippen LogP contribution in [0.3, 0.4) is 0 Å². The highest BCUT2D eigenvalue weighted by atomic mass is 16.3. The van der Waals surface area contributed by atoms with Crippen molar-refractivity contribution in [2.45, 2.75) is 45.1 Å². The first-order valence-corrected chi connectivity index (χ1v) is 7.09. The lowest BCUT2D eigenvalue weighted by Crippen LogP contribution is -1.97. The van der Waals surface area contributed by atoms with Crippen LogP contribution in [0, 0.1) is 0 Å². The zero-order valence-electron chi connectivity index (χ0n) is 11.5. The van der Waals surface area contributed by atoms with Crippen molar-refractivity contribution in [3.8, 4) is 11.4 Å². The molecule has 1 heterocycles. The summed E-state index contributed by atoms with van der Waals surface area (Å²) >= 11 is 0. The first-order valence-electron chi connectivity index (χ1n) is 7.09. The normalized spacial score (nSPS) is 12.5. The van der Waals surface area contributed by atoms with Crippen molar-refractivity contribution in [3.63, 3.8) is 0 Å². The van der Waals surface area contributed by atoms with Gasteiger partial charge >= 0.3 is 0 Å². The Kier molecular flexibility index (Phi) is 5.16. The van der Waals surface area contributed by atoms with E-state index in [9.17, 15) is 5.11 Å². The first-order chi connectivity index (χ1) is 9.31. The number of rotatable bonds is 7. The summed E-state index contributed by atoms with van der Waals surface area (Å²) in [5.41, 5.74) is 1.86. The molecular weight excluding hydrogens is 236 g/mol. The van der Waals surface area contributed by atoms with Gasteiger partial charge in [-0.1, -0.05) is 62.9 Å². The quantitative estimate of drug-likeness (QED) is 0.735. The molecule has 1 atom stereocenters. The molecular formula is C16H22N2O. The fourth-order valence-electron chi connectivity index (χ4n) is 2.17. The Morgan fingerprint density at radius 3 is 2.68 bits per heavy atom. The van der Waals surface area contributed by atoms with Gasteiger partial charge in [-0.05, 0) is 6.42 Å². The van der Waals surface area contributed by atoms with Crippen molar-refractivity contribution < 1.29 is 5.11 Å². The largest absolute Gasteiger partial charge is 0.387 e. The highest BCUT2D eigenvalue weighted by molar-refractivity contribution is 5.54. The lowest BCUT2D eigenvalue weighted by molar-refractivity contribution is 0.159. The summed E-state index contributed by atoms with van der Waals surface area (Å²) in [5.74, 6) is 0.822. The molecule has 2 N–H and O–H groups in total. The molecule has 3 nitrogen and oxygen atoms in total. The van der Waals surface area contributed by atoms with Crippen LogP contribution in [0.1, 0.15) is 50.8 Å². The molecule has 0 fully saturated rings. The number of nitrogens with zero attached hydrogens (tertiary/aromatic N) is 1. The number of unbranched alkanes of at least 4 members (excludes halogenated alkanes) is 3. The predicted octanol–water partition coefficient (Wildman–Crippen LogP) is 4.08. The van der Waals surface area contributed by atoms with Crippen LogP contribution in [0.4, 0.5) is 0 Å². The summed E-state index contributed by atoms with van der Waals surface area (Å²) in [6.45, 7) is 2.19. The van der Waals surface area contributed by atoms with Crippen LogP contribution in [0.25, 0.3) is 11.4 Å². The molecule has 2 rings (SSSR count). The van der Waals surface area contributed by atoms with Gasteiger partial charge in [0.15, 0.2) is 0 Å². The number of aromatic nitrogens is 2. The number of aliphatic hydroxyl groups excluding tert-OH is 1. The van der Waals surface area contributed by atoms with Crippen LogP contribution in [-0.4, -0.2) is 15.1 Å². The number of nitrogens with one attached hydrogen (secondary N) is 1. The molecule has 1 aromatic carbocycles. The molecule has 0 radical (unpaired) electrons. The molecule has 0 unspecified atom stereocenters. The van der Waals surface area contributed by atoms with Crippen LogP contribution in [-0.2, 0) is 0 Å². The van der Waals surface area contributed by atoms with Gasteiger partial charge in [0.05, 0.1) is 18.0 Å². The molecule has 0 aliphatic heterocycles. The topological polar surface area (TPSA) is 48.9 Å². The molecule has 0 amide bonds. The average Bonchev–Trinajstić information content (AvgIpc) is 2.94. The second-order valence-corrected chi connectivity index (χ2v) is 4.92. The van der Waals surface area contributed by atoms with Crippen molar-refractivity contribution in [1.82, 2.24) is 9.97 Å². The first kappa shape index (κ1) is 13.8. The second-order valence-electron chi connectivity index (χ2n) is 4.92. The van der Waals surface area contributed by atoms with Gasteiger partial charge in [-0.25, -0.2) is 4.98 Å². The van der Waals surface area contributed by atoms with E-state index in [4.69, 9.17) is 0 Å². The lowest BCUT2D eigenvalue weighted by Gasteiger charge is -2.07. The molecule has 0 saturated heterocycles. The van der Waals surface area contributed by atoms with E-state index in [1.807, 2.05) is 30.3 Å². The van der Waals surface area contributed by atoms with Gasteiger partial charge in [-0.2, -0.15) is 0 Å². The van der Waals surface area contributed by atoms with E-state index in [0.29, 0.717) is 0 Å². The van der Waals surface area contributed by atoms with Gasteiger partial charge in [-0.3, -0.25) is 0 Å². The van der Waals surface area contributed by atoms with Crippen LogP contribution in [0.5, 0.6) is 0 Å². The maximum absolute atomic E-state index is 10.1. The van der Waals surface area contributed by atoms with Crippen molar-refractivity contribution in [2.24, 2.45) is 0 Å². The number of imidazole rings is 1. The third kappa shape index (κ3) is 3.93. The average molecular weight is 258 g/mol. The third-order valence-corrected chi connectivity index (χ3v) is 3.33. The molecule has 3 heteroatoms. The summed E-state index contributed by atoms with van der Waals surface area (Å²) in [6, 6.07) is 9.97. The van der Waals surface area contributed by atoms with E-state index >= 15 is 0 Å². The van der Waals surface area contributed by atoms with Gasteiger partial charge in [0.2, 0.25) is 0 Å². The van der Waals surface area contributed by atoms with Gasteiger partial charge in [-0.15, -0.1) is 0 Å². The van der Waals surface area contributed by atoms with Crippen LogP contribution < -0.4 is 0 Å². The fourth-order valence-corrected chi connectivity index (χ4v) is 2.17. The Balaban J connectivity index is 1.93. The van der Waals surface area contributed by atoms with Crippen molar-refractivity contribution in [3.05, 3.63) is 42.2 Å². The molecule has 0 bridgehead atoms. The zero-order valence-corrected chi connectivity index (χ0v) is 11.5. The number of H-pyrrole nitrogens is 1. The van der Waals surface area contributed by atoms with Crippen molar-refractivity contribution in [1.29, 1.82) is 0 Å². The monoisotopic (exact) mass is 258 g/mol. The number of aliphatic hydroxyl groups is 1. The van der Waals surface area contributed by atoms with E-state index in [1.165, 1.54) is 19.3 Å². The molecule has 0 aliphatic rings. The molecule has 102 valence electrons. The van der Waals surface area contributed by atoms with E-state index < -0.39 is 6.10 Å². The Morgan fingerprint density at radius 2 is 1.95 bits per heavy atom. The van der Waals surface area contributed by atoms with E-state index in [1.54, 1.807) is 6.20 Å². The lowest BCUT2D eigenvalue weighted by atomic mass is 10.1. The van der Waals surface area contributed by atoms with Gasteiger partial charge in [0.25, 0.3) is 0 Å². The highest BCUT2D eigenvalue weighted by Crippen LogP contribution is 2.21. The Hall–Kier alpha value is -1.61. The molecule has 19 heavy (non-hydrogen) atoms. The molecule has 0 aliphatic carbocycles. The number of benzene rings is 1. The van der Waals surface area contributed by atoms with Crippen molar-refractivity contribution >= 4 is 0 Å². The minimum absolute atomic E-state index is 0.429. The highest BCUT2D eigenvalue weighted by Gasteiger charge is 2.11. The molecule has 1 aromatic heterocycles. The Morgan fingerprint density at radius 1 is 1.16 bits per heavy atom. The fraction of sp³-hybridized carbons (Fsp3) is 0.438. The van der Waals surface area contributed by atoms with Crippen molar-refractivity contribution in [2.75, 3.05) is 0 Å². The number of hydrogen-bond donors (Lipinski definition) is 2. The third-order valence-electron chi connectivity index (χ3n) is 3.33. The summed E-state index contributed by atoms with van der Waals surface area (Å²) in [4.78, 5) is 7.55. The minimum Gasteiger partial charge on any atom is -0.387 e. The summed E-state index contributed by atoms with van der Waals surface area (Å²) in [6.07, 6.45) is 6.83. The SMILES string of the molecule is CCCCCC[C@@H](O)c1cnc(-c2ccccc2)[nH]1. The van der Waals surface area contributed by atoms with E-state index in [0.717, 1.165) is 29.9 Å². The maximum Gasteiger partial charge on any atom is 0.137 e. The Labute approximate surface area is 114 Å².